The highest BCUT2D eigenvalue weighted by atomic mass is 79.9. The number of nitrogens with zero attached hydrogens (tertiary/aromatic N) is 1. The predicted octanol–water partition coefficient (Wildman–Crippen LogP) is 3.50. The Bertz CT molecular complexity index is 737. The number of primary amides is 1. The van der Waals surface area contributed by atoms with Gasteiger partial charge in [0, 0.05) is 16.4 Å². The lowest BCUT2D eigenvalue weighted by molar-refractivity contribution is 0.0998. The fraction of sp³-hybridized carbons (Fsp3) is 0. The third kappa shape index (κ3) is 3.72. The van der Waals surface area contributed by atoms with Crippen LogP contribution in [0.2, 0.25) is 10.2 Å². The van der Waals surface area contributed by atoms with Crippen molar-refractivity contribution in [2.24, 2.45) is 5.73 Å². The fourth-order valence-electron chi connectivity index (χ4n) is 1.57. The molecule has 0 saturated carbocycles. The summed E-state index contributed by atoms with van der Waals surface area (Å²) in [6.45, 7) is 0. The molecule has 2 amide bonds. The quantitative estimate of drug-likeness (QED) is 0.789. The summed E-state index contributed by atoms with van der Waals surface area (Å²) < 4.78 is 0.624. The molecule has 21 heavy (non-hydrogen) atoms. The third-order valence-corrected chi connectivity index (χ3v) is 3.59. The minimum atomic E-state index is -0.642. The standard InChI is InChI=1S/C13H8BrCl2N3O2/c14-6-3-9(11(16)18-5-6)13(21)19-7-1-2-8(12(17)20)10(15)4-7/h1-5H,(H2,17,20)(H,19,21). The smallest absolute Gasteiger partial charge is 0.258 e. The number of amides is 2. The second-order valence-corrected chi connectivity index (χ2v) is 5.69. The number of nitrogens with two attached hydrogens (primary N) is 1. The Morgan fingerprint density at radius 1 is 1.19 bits per heavy atom. The maximum absolute atomic E-state index is 12.1. The third-order valence-electron chi connectivity index (χ3n) is 2.54. The van der Waals surface area contributed by atoms with Crippen molar-refractivity contribution in [2.45, 2.75) is 0 Å². The van der Waals surface area contributed by atoms with E-state index in [9.17, 15) is 9.59 Å². The van der Waals surface area contributed by atoms with Crippen LogP contribution in [0.1, 0.15) is 20.7 Å². The van der Waals surface area contributed by atoms with Crippen molar-refractivity contribution in [3.8, 4) is 0 Å². The second-order valence-electron chi connectivity index (χ2n) is 4.00. The first kappa shape index (κ1) is 15.8. The molecule has 0 radical (unpaired) electrons. The zero-order valence-corrected chi connectivity index (χ0v) is 13.5. The molecule has 2 rings (SSSR count). The zero-order valence-electron chi connectivity index (χ0n) is 10.4. The van der Waals surface area contributed by atoms with Crippen LogP contribution in [0.4, 0.5) is 5.69 Å². The molecule has 1 heterocycles. The summed E-state index contributed by atoms with van der Waals surface area (Å²) in [6, 6.07) is 5.92. The number of pyridine rings is 1. The van der Waals surface area contributed by atoms with E-state index in [4.69, 9.17) is 28.9 Å². The number of carbonyl (C=O) groups excluding carboxylic acids is 2. The van der Waals surface area contributed by atoms with Crippen molar-refractivity contribution in [3.05, 3.63) is 56.2 Å². The van der Waals surface area contributed by atoms with Crippen molar-refractivity contribution in [1.82, 2.24) is 4.98 Å². The highest BCUT2D eigenvalue weighted by molar-refractivity contribution is 9.10. The summed E-state index contributed by atoms with van der Waals surface area (Å²) >= 11 is 15.0. The predicted molar refractivity (Wildman–Crippen MR) is 84.9 cm³/mol. The Morgan fingerprint density at radius 3 is 2.52 bits per heavy atom. The van der Waals surface area contributed by atoms with Gasteiger partial charge in [-0.3, -0.25) is 9.59 Å². The monoisotopic (exact) mass is 387 g/mol. The van der Waals surface area contributed by atoms with Crippen LogP contribution in [-0.4, -0.2) is 16.8 Å². The molecule has 0 unspecified atom stereocenters. The van der Waals surface area contributed by atoms with Crippen molar-refractivity contribution < 1.29 is 9.59 Å². The summed E-state index contributed by atoms with van der Waals surface area (Å²) in [4.78, 5) is 27.1. The van der Waals surface area contributed by atoms with Crippen LogP contribution in [0.25, 0.3) is 0 Å². The van der Waals surface area contributed by atoms with Crippen molar-refractivity contribution in [2.75, 3.05) is 5.32 Å². The van der Waals surface area contributed by atoms with Crippen LogP contribution >= 0.6 is 39.1 Å². The largest absolute Gasteiger partial charge is 0.366 e. The molecule has 0 aliphatic rings. The zero-order chi connectivity index (χ0) is 15.6. The van der Waals surface area contributed by atoms with Gasteiger partial charge in [0.25, 0.3) is 5.91 Å². The van der Waals surface area contributed by atoms with Gasteiger partial charge in [0.05, 0.1) is 16.1 Å². The molecule has 0 atom stereocenters. The molecule has 3 N–H and O–H groups in total. The average molecular weight is 389 g/mol. The molecule has 5 nitrogen and oxygen atoms in total. The molecule has 2 aromatic rings. The van der Waals surface area contributed by atoms with Crippen LogP contribution in [0.15, 0.2) is 34.9 Å². The van der Waals surface area contributed by atoms with E-state index in [2.05, 4.69) is 26.2 Å². The summed E-state index contributed by atoms with van der Waals surface area (Å²) in [5.41, 5.74) is 5.95. The Labute approximate surface area is 138 Å². The summed E-state index contributed by atoms with van der Waals surface area (Å²) in [5.74, 6) is -1.09. The van der Waals surface area contributed by atoms with Crippen LogP contribution in [0, 0.1) is 0 Å². The Balaban J connectivity index is 2.26. The fourth-order valence-corrected chi connectivity index (χ4v) is 2.37. The first-order valence-corrected chi connectivity index (χ1v) is 7.15. The summed E-state index contributed by atoms with van der Waals surface area (Å²) in [6.07, 6.45) is 1.48. The minimum absolute atomic E-state index is 0.0792. The molecule has 0 fully saturated rings. The number of halogens is 3. The van der Waals surface area contributed by atoms with Crippen molar-refractivity contribution in [3.63, 3.8) is 0 Å². The molecule has 0 spiro atoms. The number of rotatable bonds is 3. The van der Waals surface area contributed by atoms with Gasteiger partial charge in [0.2, 0.25) is 5.91 Å². The van der Waals surface area contributed by atoms with Gasteiger partial charge in [0.1, 0.15) is 5.15 Å². The molecule has 0 aliphatic carbocycles. The van der Waals surface area contributed by atoms with Gasteiger partial charge in [0.15, 0.2) is 0 Å². The van der Waals surface area contributed by atoms with Gasteiger partial charge in [-0.1, -0.05) is 23.2 Å². The van der Waals surface area contributed by atoms with Gasteiger partial charge in [-0.25, -0.2) is 4.98 Å². The summed E-state index contributed by atoms with van der Waals surface area (Å²) in [7, 11) is 0. The Morgan fingerprint density at radius 2 is 1.90 bits per heavy atom. The van der Waals surface area contributed by atoms with Crippen LogP contribution in [0.5, 0.6) is 0 Å². The second kappa shape index (κ2) is 6.43. The molecular formula is C13H8BrCl2N3O2. The lowest BCUT2D eigenvalue weighted by Gasteiger charge is -2.08. The van der Waals surface area contributed by atoms with Gasteiger partial charge < -0.3 is 11.1 Å². The average Bonchev–Trinajstić information content (AvgIpc) is 2.41. The molecule has 0 aliphatic heterocycles. The lowest BCUT2D eigenvalue weighted by Crippen LogP contribution is -2.14. The molecule has 8 heteroatoms. The number of nitrogens with one attached hydrogen (secondary N) is 1. The number of carbonyl (C=O) groups is 2. The molecule has 0 saturated heterocycles. The Hall–Kier alpha value is -1.63. The summed E-state index contributed by atoms with van der Waals surface area (Å²) in [5, 5.41) is 2.84. The maximum Gasteiger partial charge on any atom is 0.258 e. The Kier molecular flexibility index (Phi) is 4.82. The first-order valence-electron chi connectivity index (χ1n) is 5.60. The first-order chi connectivity index (χ1) is 9.88. The van der Waals surface area contributed by atoms with E-state index in [1.807, 2.05) is 0 Å². The van der Waals surface area contributed by atoms with Gasteiger partial charge in [-0.15, -0.1) is 0 Å². The highest BCUT2D eigenvalue weighted by Crippen LogP contribution is 2.23. The molecule has 108 valence electrons. The normalized spacial score (nSPS) is 10.2. The topological polar surface area (TPSA) is 85.1 Å². The van der Waals surface area contributed by atoms with Crippen LogP contribution in [0.3, 0.4) is 0 Å². The SMILES string of the molecule is NC(=O)c1ccc(NC(=O)c2cc(Br)cnc2Cl)cc1Cl. The van der Waals surface area contributed by atoms with E-state index < -0.39 is 11.8 Å². The van der Waals surface area contributed by atoms with E-state index in [1.165, 1.54) is 24.4 Å². The number of hydrogen-bond donors (Lipinski definition) is 2. The van der Waals surface area contributed by atoms with E-state index in [0.29, 0.717) is 10.2 Å². The highest BCUT2D eigenvalue weighted by Gasteiger charge is 2.14. The van der Waals surface area contributed by atoms with E-state index in [-0.39, 0.29) is 21.3 Å². The van der Waals surface area contributed by atoms with E-state index in [0.717, 1.165) is 0 Å². The van der Waals surface area contributed by atoms with E-state index in [1.54, 1.807) is 6.07 Å². The van der Waals surface area contributed by atoms with Gasteiger partial charge >= 0.3 is 0 Å². The van der Waals surface area contributed by atoms with Gasteiger partial charge in [-0.2, -0.15) is 0 Å². The minimum Gasteiger partial charge on any atom is -0.366 e. The molecule has 1 aromatic carbocycles. The van der Waals surface area contributed by atoms with Crippen molar-refractivity contribution in [1.29, 1.82) is 0 Å². The molecule has 1 aromatic heterocycles. The number of benzene rings is 1. The number of aromatic nitrogens is 1. The van der Waals surface area contributed by atoms with Crippen LogP contribution in [-0.2, 0) is 0 Å². The number of anilines is 1. The van der Waals surface area contributed by atoms with E-state index >= 15 is 0 Å². The molecular weight excluding hydrogens is 381 g/mol. The van der Waals surface area contributed by atoms with Crippen LogP contribution < -0.4 is 11.1 Å². The lowest BCUT2D eigenvalue weighted by atomic mass is 10.2. The van der Waals surface area contributed by atoms with Gasteiger partial charge in [-0.05, 0) is 40.2 Å². The number of hydrogen-bond acceptors (Lipinski definition) is 3. The molecule has 0 bridgehead atoms. The maximum atomic E-state index is 12.1. The van der Waals surface area contributed by atoms with Crippen molar-refractivity contribution >= 4 is 56.6 Å².